The van der Waals surface area contributed by atoms with Crippen molar-refractivity contribution in [1.29, 1.82) is 0 Å². The summed E-state index contributed by atoms with van der Waals surface area (Å²) in [4.78, 5) is 11.9. The van der Waals surface area contributed by atoms with Gasteiger partial charge in [-0.2, -0.15) is 0 Å². The van der Waals surface area contributed by atoms with Crippen LogP contribution < -0.4 is 0 Å². The topological polar surface area (TPSA) is 23.6 Å². The van der Waals surface area contributed by atoms with Crippen LogP contribution in [0.25, 0.3) is 0 Å². The lowest BCUT2D eigenvalue weighted by molar-refractivity contribution is -0.148. The number of nitrogens with zero attached hydrogens (tertiary/aromatic N) is 2. The van der Waals surface area contributed by atoms with Gasteiger partial charge in [0, 0.05) is 26.1 Å². The quantitative estimate of drug-likeness (QED) is 0.752. The average molecular weight is 216 g/mol. The van der Waals surface area contributed by atoms with Gasteiger partial charge in [-0.15, -0.1) is 0 Å². The normalized spacial score (nSPS) is 19.6. The van der Waals surface area contributed by atoms with Crippen molar-refractivity contribution in [2.75, 3.05) is 7.05 Å². The summed E-state index contributed by atoms with van der Waals surface area (Å²) in [5.41, 5.74) is 2.69. The summed E-state index contributed by atoms with van der Waals surface area (Å²) in [5.74, 6) is 0.585. The molecule has 1 aromatic carbocycles. The molecule has 2 aliphatic rings. The summed E-state index contributed by atoms with van der Waals surface area (Å²) in [6, 6.07) is 8.41. The van der Waals surface area contributed by atoms with Crippen LogP contribution in [0.3, 0.4) is 0 Å². The maximum Gasteiger partial charge on any atom is 0.239 e. The first kappa shape index (κ1) is 9.85. The van der Waals surface area contributed by atoms with Crippen molar-refractivity contribution in [1.82, 2.24) is 10.0 Å². The SMILES string of the molecule is CN(C(=O)C1CC1)N1Cc2ccccc2C1. The molecule has 0 spiro atoms. The number of amides is 1. The minimum Gasteiger partial charge on any atom is -0.278 e. The van der Waals surface area contributed by atoms with Gasteiger partial charge in [0.1, 0.15) is 0 Å². The maximum absolute atomic E-state index is 11.9. The van der Waals surface area contributed by atoms with E-state index in [1.54, 1.807) is 0 Å². The van der Waals surface area contributed by atoms with Crippen LogP contribution in [0, 0.1) is 5.92 Å². The van der Waals surface area contributed by atoms with E-state index < -0.39 is 0 Å². The Labute approximate surface area is 95.6 Å². The molecule has 0 aromatic heterocycles. The lowest BCUT2D eigenvalue weighted by atomic mass is 10.1. The minimum absolute atomic E-state index is 0.285. The molecule has 0 atom stereocenters. The fraction of sp³-hybridized carbons (Fsp3) is 0.462. The first-order valence-corrected chi connectivity index (χ1v) is 5.85. The highest BCUT2D eigenvalue weighted by Crippen LogP contribution is 2.32. The van der Waals surface area contributed by atoms with Gasteiger partial charge in [0.05, 0.1) is 0 Å². The van der Waals surface area contributed by atoms with E-state index in [-0.39, 0.29) is 5.91 Å². The van der Waals surface area contributed by atoms with Gasteiger partial charge >= 0.3 is 0 Å². The first-order valence-electron chi connectivity index (χ1n) is 5.85. The number of carbonyl (C=O) groups excluding carboxylic acids is 1. The summed E-state index contributed by atoms with van der Waals surface area (Å²) >= 11 is 0. The van der Waals surface area contributed by atoms with Crippen LogP contribution in [0.1, 0.15) is 24.0 Å². The molecule has 1 aliphatic heterocycles. The van der Waals surface area contributed by atoms with Gasteiger partial charge in [0.15, 0.2) is 0 Å². The van der Waals surface area contributed by atoms with Gasteiger partial charge in [-0.1, -0.05) is 24.3 Å². The summed E-state index contributed by atoms with van der Waals surface area (Å²) < 4.78 is 0. The molecule has 1 amide bonds. The van der Waals surface area contributed by atoms with Crippen LogP contribution >= 0.6 is 0 Å². The molecule has 1 fully saturated rings. The number of rotatable bonds is 2. The van der Waals surface area contributed by atoms with Crippen LogP contribution in [0.5, 0.6) is 0 Å². The highest BCUT2D eigenvalue weighted by atomic mass is 16.2. The number of hydrazine groups is 1. The summed E-state index contributed by atoms with van der Waals surface area (Å²) in [6.45, 7) is 1.73. The van der Waals surface area contributed by atoms with E-state index in [1.807, 2.05) is 12.1 Å². The van der Waals surface area contributed by atoms with E-state index in [4.69, 9.17) is 0 Å². The Kier molecular flexibility index (Phi) is 2.21. The molecular formula is C13H16N2O. The van der Waals surface area contributed by atoms with Crippen LogP contribution in [-0.4, -0.2) is 23.0 Å². The number of hydrogen-bond donors (Lipinski definition) is 0. The third-order valence-corrected chi connectivity index (χ3v) is 3.49. The molecule has 0 unspecified atom stereocenters. The van der Waals surface area contributed by atoms with Crippen molar-refractivity contribution in [3.8, 4) is 0 Å². The third kappa shape index (κ3) is 1.61. The number of carbonyl (C=O) groups is 1. The summed E-state index contributed by atoms with van der Waals surface area (Å²) in [7, 11) is 1.90. The number of fused-ring (bicyclic) bond motifs is 1. The zero-order chi connectivity index (χ0) is 11.1. The predicted molar refractivity (Wildman–Crippen MR) is 61.2 cm³/mol. The number of benzene rings is 1. The molecule has 0 N–H and O–H groups in total. The molecule has 0 bridgehead atoms. The van der Waals surface area contributed by atoms with Crippen molar-refractivity contribution in [2.24, 2.45) is 5.92 Å². The molecule has 3 rings (SSSR count). The predicted octanol–water partition coefficient (Wildman–Crippen LogP) is 1.79. The highest BCUT2D eigenvalue weighted by Gasteiger charge is 2.35. The lowest BCUT2D eigenvalue weighted by Crippen LogP contribution is -2.41. The monoisotopic (exact) mass is 216 g/mol. The lowest BCUT2D eigenvalue weighted by Gasteiger charge is -2.27. The standard InChI is InChI=1S/C13H16N2O/c1-14(13(16)10-6-7-10)15-8-11-4-2-3-5-12(11)9-15/h2-5,10H,6-9H2,1H3. The molecule has 3 nitrogen and oxygen atoms in total. The fourth-order valence-corrected chi connectivity index (χ4v) is 2.26. The maximum atomic E-state index is 11.9. The van der Waals surface area contributed by atoms with Gasteiger partial charge < -0.3 is 0 Å². The first-order chi connectivity index (χ1) is 7.75. The number of hydrogen-bond acceptors (Lipinski definition) is 2. The molecule has 3 heteroatoms. The molecule has 1 aliphatic carbocycles. The van der Waals surface area contributed by atoms with E-state index in [9.17, 15) is 4.79 Å². The molecule has 0 radical (unpaired) electrons. The minimum atomic E-state index is 0.285. The zero-order valence-corrected chi connectivity index (χ0v) is 9.52. The van der Waals surface area contributed by atoms with Crippen molar-refractivity contribution in [3.05, 3.63) is 35.4 Å². The van der Waals surface area contributed by atoms with E-state index >= 15 is 0 Å². The third-order valence-electron chi connectivity index (χ3n) is 3.49. The molecule has 0 saturated heterocycles. The Morgan fingerprint density at radius 1 is 1.25 bits per heavy atom. The Morgan fingerprint density at radius 2 is 1.81 bits per heavy atom. The second-order valence-electron chi connectivity index (χ2n) is 4.73. The molecular weight excluding hydrogens is 200 g/mol. The molecule has 16 heavy (non-hydrogen) atoms. The van der Waals surface area contributed by atoms with Gasteiger partial charge in [0.25, 0.3) is 0 Å². The van der Waals surface area contributed by atoms with Gasteiger partial charge in [-0.25, -0.2) is 5.01 Å². The molecule has 1 saturated carbocycles. The largest absolute Gasteiger partial charge is 0.278 e. The van der Waals surface area contributed by atoms with Crippen molar-refractivity contribution in [2.45, 2.75) is 25.9 Å². The average Bonchev–Trinajstić information content (AvgIpc) is 3.06. The molecule has 1 heterocycles. The smallest absolute Gasteiger partial charge is 0.239 e. The van der Waals surface area contributed by atoms with Crippen molar-refractivity contribution < 1.29 is 4.79 Å². The van der Waals surface area contributed by atoms with Crippen LogP contribution in [0.15, 0.2) is 24.3 Å². The van der Waals surface area contributed by atoms with E-state index in [0.717, 1.165) is 25.9 Å². The van der Waals surface area contributed by atoms with Crippen molar-refractivity contribution >= 4 is 5.91 Å². The fourth-order valence-electron chi connectivity index (χ4n) is 2.26. The van der Waals surface area contributed by atoms with Gasteiger partial charge in [-0.05, 0) is 24.0 Å². The summed E-state index contributed by atoms with van der Waals surface area (Å²) in [6.07, 6.45) is 2.15. The molecule has 1 aromatic rings. The summed E-state index contributed by atoms with van der Waals surface area (Å²) in [5, 5.41) is 3.95. The van der Waals surface area contributed by atoms with Gasteiger partial charge in [-0.3, -0.25) is 9.80 Å². The van der Waals surface area contributed by atoms with Crippen LogP contribution in [0.2, 0.25) is 0 Å². The zero-order valence-electron chi connectivity index (χ0n) is 9.52. The van der Waals surface area contributed by atoms with E-state index in [2.05, 4.69) is 29.3 Å². The van der Waals surface area contributed by atoms with E-state index in [1.165, 1.54) is 11.1 Å². The Morgan fingerprint density at radius 3 is 2.31 bits per heavy atom. The van der Waals surface area contributed by atoms with Crippen LogP contribution in [-0.2, 0) is 17.9 Å². The Bertz CT molecular complexity index is 401. The van der Waals surface area contributed by atoms with Crippen LogP contribution in [0.4, 0.5) is 0 Å². The Balaban J connectivity index is 1.73. The second-order valence-corrected chi connectivity index (χ2v) is 4.73. The van der Waals surface area contributed by atoms with E-state index in [0.29, 0.717) is 5.92 Å². The molecule has 84 valence electrons. The second kappa shape index (κ2) is 3.59. The Hall–Kier alpha value is -1.35. The highest BCUT2D eigenvalue weighted by molar-refractivity contribution is 5.80. The van der Waals surface area contributed by atoms with Crippen molar-refractivity contribution in [3.63, 3.8) is 0 Å². The van der Waals surface area contributed by atoms with Gasteiger partial charge in [0.2, 0.25) is 5.91 Å².